The summed E-state index contributed by atoms with van der Waals surface area (Å²) >= 11 is 5.92. The first-order valence-electron chi connectivity index (χ1n) is 29.0. The van der Waals surface area contributed by atoms with Crippen LogP contribution in [0.3, 0.4) is 0 Å². The minimum Gasteiger partial charge on any atom is -0.504 e. The van der Waals surface area contributed by atoms with Crippen LogP contribution in [-0.2, 0) is 27.3 Å². The predicted octanol–water partition coefficient (Wildman–Crippen LogP) is 10.4. The number of halogens is 1. The first-order valence-corrected chi connectivity index (χ1v) is 29.4. The third-order valence-corrected chi connectivity index (χ3v) is 15.2. The molecule has 0 radical (unpaired) electrons. The lowest BCUT2D eigenvalue weighted by Gasteiger charge is -2.41. The molecule has 5 N–H and O–H groups in total. The van der Waals surface area contributed by atoms with Gasteiger partial charge in [-0.1, -0.05) is 93.9 Å². The zero-order valence-electron chi connectivity index (χ0n) is 50.4. The Bertz CT molecular complexity index is 3200. The molecule has 2 aliphatic heterocycles. The van der Waals surface area contributed by atoms with E-state index in [4.69, 9.17) is 21.4 Å². The van der Waals surface area contributed by atoms with E-state index < -0.39 is 5.97 Å². The van der Waals surface area contributed by atoms with Crippen LogP contribution in [0.2, 0.25) is 5.15 Å². The summed E-state index contributed by atoms with van der Waals surface area (Å²) in [6.45, 7) is 14.4. The number of carbonyl (C=O) groups excluding carboxylic acids is 2. The number of benzene rings is 3. The topological polar surface area (TPSA) is 256 Å². The van der Waals surface area contributed by atoms with Gasteiger partial charge >= 0.3 is 5.97 Å². The van der Waals surface area contributed by atoms with Gasteiger partial charge in [0.15, 0.2) is 5.75 Å². The second kappa shape index (κ2) is 35.3. The predicted molar refractivity (Wildman–Crippen MR) is 350 cm³/mol. The number of aromatic hydroxyl groups is 1. The maximum atomic E-state index is 12.6. The number of hydrogen-bond acceptors (Lipinski definition) is 20. The average molecular weight is 1230 g/mol. The standard InChI is InChI=1S/C18H25N5O2.C16H22N4O.C15H19N3O.C14H15ClN4O2.2CH4/c24-15-12-18(4-1-2-5-18)13-16(25)23(15)14-21-8-10-22(11-9-21)17-19-6-3-7-20-17;1-19(2)11-12-20(16-17-9-4-10-18-16)13-14-5-7-15(21-3)8-6-14;1-11-14(19)12(2)18-15(17-11)16-10-6-9-13-7-4-3-5-8-13;1-8-4-3-5-10(9(8)2)17-12-6-11(15)18-14(19-12)16-7-13(20)21;;/h3,6-7H,1-2,4-5,8-14H2;4-10H,11-13H2,1-3H3;3-5,7-8,19H,6,9-10H2,1-2H3,(H,16,17,18);3-6H,7H2,1-2H3,(H,20,21)(H2,16,17,18,19);2*1H4. The van der Waals surface area contributed by atoms with Crippen LogP contribution in [-0.4, -0.2) is 163 Å². The van der Waals surface area contributed by atoms with E-state index in [2.05, 4.69) is 126 Å². The Labute approximate surface area is 524 Å². The van der Waals surface area contributed by atoms with Crippen LogP contribution in [0.15, 0.2) is 116 Å². The molecule has 3 fully saturated rings. The van der Waals surface area contributed by atoms with Gasteiger partial charge in [-0.05, 0) is 125 Å². The minimum atomic E-state index is -0.998. The first kappa shape index (κ1) is 70.2. The van der Waals surface area contributed by atoms with Gasteiger partial charge in [0.2, 0.25) is 35.6 Å². The highest BCUT2D eigenvalue weighted by molar-refractivity contribution is 6.29. The zero-order valence-corrected chi connectivity index (χ0v) is 51.2. The second-order valence-corrected chi connectivity index (χ2v) is 22.2. The number of hydrogen-bond donors (Lipinski definition) is 5. The number of amides is 2. The summed E-state index contributed by atoms with van der Waals surface area (Å²) in [6.07, 6.45) is 14.6. The highest BCUT2D eigenvalue weighted by Crippen LogP contribution is 2.47. The van der Waals surface area contributed by atoms with Gasteiger partial charge in [-0.25, -0.2) is 34.9 Å². The highest BCUT2D eigenvalue weighted by atomic mass is 35.5. The Morgan fingerprint density at radius 3 is 1.94 bits per heavy atom. The molecule has 88 heavy (non-hydrogen) atoms. The third kappa shape index (κ3) is 22.0. The summed E-state index contributed by atoms with van der Waals surface area (Å²) in [5.41, 5.74) is 6.92. The number of aliphatic carboxylic acids is 1. The van der Waals surface area contributed by atoms with Crippen LogP contribution in [0.5, 0.6) is 11.5 Å². The van der Waals surface area contributed by atoms with Crippen molar-refractivity contribution in [3.8, 4) is 11.5 Å². The molecule has 22 nitrogen and oxygen atoms in total. The normalized spacial score (nSPS) is 14.1. The van der Waals surface area contributed by atoms with E-state index in [1.165, 1.54) is 16.0 Å². The Balaban J connectivity index is 0.000000213. The Morgan fingerprint density at radius 1 is 0.727 bits per heavy atom. The number of anilines is 6. The maximum Gasteiger partial charge on any atom is 0.322 e. The van der Waals surface area contributed by atoms with Crippen molar-refractivity contribution in [1.82, 2.24) is 54.6 Å². The molecule has 10 rings (SSSR count). The zero-order chi connectivity index (χ0) is 61.4. The van der Waals surface area contributed by atoms with Gasteiger partial charge in [0.25, 0.3) is 0 Å². The van der Waals surface area contributed by atoms with Gasteiger partial charge < -0.3 is 45.6 Å². The lowest BCUT2D eigenvalue weighted by molar-refractivity contribution is -0.156. The van der Waals surface area contributed by atoms with Crippen molar-refractivity contribution >= 4 is 64.7 Å². The molecule has 0 atom stereocenters. The lowest BCUT2D eigenvalue weighted by Crippen LogP contribution is -2.55. The number of nitrogens with one attached hydrogen (secondary N) is 3. The number of piperazine rings is 1. The molecular formula is C65H89ClN16O6. The summed E-state index contributed by atoms with van der Waals surface area (Å²) < 4.78 is 5.19. The molecule has 2 amide bonds. The van der Waals surface area contributed by atoms with Crippen molar-refractivity contribution in [2.24, 2.45) is 5.41 Å². The van der Waals surface area contributed by atoms with Gasteiger partial charge in [0.1, 0.15) is 23.3 Å². The fourth-order valence-electron chi connectivity index (χ4n) is 10.1. The molecule has 2 saturated heterocycles. The van der Waals surface area contributed by atoms with Crippen molar-refractivity contribution < 1.29 is 29.3 Å². The number of carboxylic acid groups (broad SMARTS) is 1. The Morgan fingerprint density at radius 2 is 1.34 bits per heavy atom. The first-order chi connectivity index (χ1) is 41.5. The number of methoxy groups -OCH3 is 1. The number of rotatable bonds is 20. The number of aromatic nitrogens is 8. The van der Waals surface area contributed by atoms with Gasteiger partial charge in [0.05, 0.1) is 25.2 Å². The molecule has 3 aromatic carbocycles. The monoisotopic (exact) mass is 1220 g/mol. The molecule has 0 bridgehead atoms. The molecule has 0 unspecified atom stereocenters. The number of likely N-dealkylation sites (tertiary alicyclic amines) is 1. The van der Waals surface area contributed by atoms with Crippen LogP contribution in [0.1, 0.15) is 93.4 Å². The van der Waals surface area contributed by atoms with Crippen molar-refractivity contribution in [2.45, 2.75) is 100 Å². The summed E-state index contributed by atoms with van der Waals surface area (Å²) in [6, 6.07) is 29.6. The number of carboxylic acids is 1. The van der Waals surface area contributed by atoms with Crippen molar-refractivity contribution in [2.75, 3.05) is 106 Å². The molecule has 3 aliphatic rings. The van der Waals surface area contributed by atoms with Crippen molar-refractivity contribution in [3.63, 3.8) is 0 Å². The molecule has 472 valence electrons. The van der Waals surface area contributed by atoms with E-state index >= 15 is 0 Å². The number of piperidine rings is 1. The number of ether oxygens (including phenoxy) is 1. The highest BCUT2D eigenvalue weighted by Gasteiger charge is 2.45. The largest absolute Gasteiger partial charge is 0.504 e. The number of carbonyl (C=O) groups is 3. The van der Waals surface area contributed by atoms with E-state index in [0.29, 0.717) is 42.7 Å². The quantitative estimate of drug-likeness (QED) is 0.0270. The molecule has 7 aromatic rings. The summed E-state index contributed by atoms with van der Waals surface area (Å²) in [7, 11) is 5.81. The lowest BCUT2D eigenvalue weighted by atomic mass is 9.76. The Hall–Kier alpha value is -8.60. The number of nitrogens with zero attached hydrogens (tertiary/aromatic N) is 13. The number of imide groups is 1. The molecule has 23 heteroatoms. The molecule has 1 aliphatic carbocycles. The van der Waals surface area contributed by atoms with Gasteiger partial charge in [-0.2, -0.15) is 4.98 Å². The summed E-state index contributed by atoms with van der Waals surface area (Å²) in [5, 5.41) is 27.4. The van der Waals surface area contributed by atoms with Crippen LogP contribution < -0.4 is 30.5 Å². The van der Waals surface area contributed by atoms with E-state index in [9.17, 15) is 19.5 Å². The van der Waals surface area contributed by atoms with Crippen molar-refractivity contribution in [3.05, 3.63) is 155 Å². The maximum absolute atomic E-state index is 12.6. The SMILES string of the molecule is C.C.COc1ccc(CN(CCN(C)C)c2ncccn2)cc1.Cc1cccc(Nc2cc(Cl)nc(NCC(=O)O)n2)c1C.Cc1nc(NCCCc2ccccc2)nc(C)c1O.O=C1CC2(CCCC2)CC(=O)N1CN1CCN(c2ncccn2)CC1. The van der Waals surface area contributed by atoms with Crippen LogP contribution in [0.4, 0.5) is 35.3 Å². The Kier molecular flexibility index (Phi) is 28.1. The van der Waals surface area contributed by atoms with Crippen LogP contribution in [0, 0.1) is 33.1 Å². The summed E-state index contributed by atoms with van der Waals surface area (Å²) in [4.78, 5) is 79.7. The van der Waals surface area contributed by atoms with E-state index in [1.54, 1.807) is 51.8 Å². The van der Waals surface area contributed by atoms with E-state index in [1.807, 2.05) is 62.4 Å². The smallest absolute Gasteiger partial charge is 0.322 e. The van der Waals surface area contributed by atoms with Gasteiger partial charge in [-0.15, -0.1) is 0 Å². The van der Waals surface area contributed by atoms with Crippen LogP contribution in [0.25, 0.3) is 0 Å². The van der Waals surface area contributed by atoms with E-state index in [-0.39, 0.29) is 55.5 Å². The molecule has 6 heterocycles. The fourth-order valence-corrected chi connectivity index (χ4v) is 10.2. The molecule has 1 spiro atoms. The fraction of sp³-hybridized carbons (Fsp3) is 0.431. The molecule has 4 aromatic heterocycles. The average Bonchev–Trinajstić information content (AvgIpc) is 2.68. The van der Waals surface area contributed by atoms with Crippen molar-refractivity contribution in [1.29, 1.82) is 0 Å². The van der Waals surface area contributed by atoms with Gasteiger partial charge in [0, 0.05) is 102 Å². The second-order valence-electron chi connectivity index (χ2n) is 21.8. The van der Waals surface area contributed by atoms with E-state index in [0.717, 1.165) is 125 Å². The molecule has 1 saturated carbocycles. The number of aryl methyl sites for hydroxylation is 4. The minimum absolute atomic E-state index is 0. The molecular weight excluding hydrogens is 1140 g/mol. The van der Waals surface area contributed by atoms with Crippen LogP contribution >= 0.6 is 11.6 Å². The summed E-state index contributed by atoms with van der Waals surface area (Å²) in [5.74, 6) is 2.84. The third-order valence-electron chi connectivity index (χ3n) is 15.0. The number of likely N-dealkylation sites (N-methyl/N-ethyl adjacent to an activating group) is 1. The van der Waals surface area contributed by atoms with Gasteiger partial charge in [-0.3, -0.25) is 24.2 Å².